The summed E-state index contributed by atoms with van der Waals surface area (Å²) in [5.41, 5.74) is 6.99. The van der Waals surface area contributed by atoms with Crippen LogP contribution in [-0.4, -0.2) is 5.91 Å². The minimum atomic E-state index is -0.0666. The molecule has 0 unspecified atom stereocenters. The summed E-state index contributed by atoms with van der Waals surface area (Å²) >= 11 is 0. The third-order valence-electron chi connectivity index (χ3n) is 2.20. The molecule has 0 aliphatic carbocycles. The van der Waals surface area contributed by atoms with Crippen LogP contribution < -0.4 is 11.1 Å². The number of anilines is 2. The van der Waals surface area contributed by atoms with Gasteiger partial charge in [-0.25, -0.2) is 0 Å². The van der Waals surface area contributed by atoms with E-state index in [0.29, 0.717) is 23.4 Å². The summed E-state index contributed by atoms with van der Waals surface area (Å²) in [6, 6.07) is 6.87. The lowest BCUT2D eigenvalue weighted by Gasteiger charge is -2.07. The molecule has 0 atom stereocenters. The van der Waals surface area contributed by atoms with Crippen LogP contribution in [0.3, 0.4) is 0 Å². The lowest BCUT2D eigenvalue weighted by molar-refractivity contribution is -0.116. The molecule has 0 fully saturated rings. The van der Waals surface area contributed by atoms with Gasteiger partial charge < -0.3 is 11.1 Å². The molecular formula is C12H15N3O. The lowest BCUT2D eigenvalue weighted by Crippen LogP contribution is -2.12. The maximum Gasteiger partial charge on any atom is 0.224 e. The number of carbonyl (C=O) groups is 1. The van der Waals surface area contributed by atoms with Crippen LogP contribution in [0.15, 0.2) is 18.2 Å². The van der Waals surface area contributed by atoms with Crippen molar-refractivity contribution in [2.45, 2.75) is 26.2 Å². The summed E-state index contributed by atoms with van der Waals surface area (Å²) < 4.78 is 0. The normalized spacial score (nSPS) is 9.50. The van der Waals surface area contributed by atoms with Crippen molar-refractivity contribution in [3.05, 3.63) is 23.8 Å². The molecule has 0 saturated carbocycles. The van der Waals surface area contributed by atoms with Crippen molar-refractivity contribution in [2.75, 3.05) is 11.1 Å². The van der Waals surface area contributed by atoms with Gasteiger partial charge in [-0.1, -0.05) is 13.3 Å². The average molecular weight is 217 g/mol. The first-order chi connectivity index (χ1) is 7.67. The zero-order valence-corrected chi connectivity index (χ0v) is 9.29. The fraction of sp³-hybridized carbons (Fsp3) is 0.333. The summed E-state index contributed by atoms with van der Waals surface area (Å²) in [6.45, 7) is 2.03. The first-order valence-electron chi connectivity index (χ1n) is 5.27. The topological polar surface area (TPSA) is 78.9 Å². The molecule has 0 bridgehead atoms. The SMILES string of the molecule is CCCCC(=O)Nc1ccc(N)cc1C#N. The number of unbranched alkanes of at least 4 members (excludes halogenated alkanes) is 1. The molecule has 1 aromatic carbocycles. The fourth-order valence-corrected chi connectivity index (χ4v) is 1.31. The van der Waals surface area contributed by atoms with Crippen LogP contribution in [0, 0.1) is 11.3 Å². The number of nitrogens with two attached hydrogens (primary N) is 1. The zero-order valence-electron chi connectivity index (χ0n) is 9.29. The van der Waals surface area contributed by atoms with E-state index in [0.717, 1.165) is 12.8 Å². The molecule has 0 heterocycles. The molecule has 0 saturated heterocycles. The molecule has 4 heteroatoms. The Morgan fingerprint density at radius 1 is 1.56 bits per heavy atom. The number of hydrogen-bond acceptors (Lipinski definition) is 3. The molecule has 0 aromatic heterocycles. The van der Waals surface area contributed by atoms with E-state index < -0.39 is 0 Å². The first kappa shape index (κ1) is 12.1. The largest absolute Gasteiger partial charge is 0.399 e. The second-order valence-corrected chi connectivity index (χ2v) is 3.57. The molecule has 0 aliphatic heterocycles. The predicted octanol–water partition coefficient (Wildman–Crippen LogP) is 2.27. The van der Waals surface area contributed by atoms with Crippen molar-refractivity contribution >= 4 is 17.3 Å². The van der Waals surface area contributed by atoms with Gasteiger partial charge in [-0.05, 0) is 24.6 Å². The molecule has 84 valence electrons. The van der Waals surface area contributed by atoms with E-state index in [2.05, 4.69) is 5.32 Å². The maximum absolute atomic E-state index is 11.5. The van der Waals surface area contributed by atoms with Gasteiger partial charge >= 0.3 is 0 Å². The van der Waals surface area contributed by atoms with E-state index in [1.165, 1.54) is 0 Å². The van der Waals surface area contributed by atoms with Gasteiger partial charge in [-0.2, -0.15) is 5.26 Å². The number of nitrogens with one attached hydrogen (secondary N) is 1. The number of nitrogen functional groups attached to an aromatic ring is 1. The van der Waals surface area contributed by atoms with Gasteiger partial charge in [0, 0.05) is 12.1 Å². The van der Waals surface area contributed by atoms with Crippen LogP contribution in [0.25, 0.3) is 0 Å². The number of nitrogens with zero attached hydrogens (tertiary/aromatic N) is 1. The Bertz CT molecular complexity index is 421. The minimum absolute atomic E-state index is 0.0666. The Hall–Kier alpha value is -2.02. The second kappa shape index (κ2) is 5.76. The monoisotopic (exact) mass is 217 g/mol. The number of rotatable bonds is 4. The van der Waals surface area contributed by atoms with Crippen molar-refractivity contribution in [3.8, 4) is 6.07 Å². The van der Waals surface area contributed by atoms with Crippen LogP contribution >= 0.6 is 0 Å². The van der Waals surface area contributed by atoms with Crippen LogP contribution in [0.2, 0.25) is 0 Å². The highest BCUT2D eigenvalue weighted by atomic mass is 16.1. The standard InChI is InChI=1S/C12H15N3O/c1-2-3-4-12(16)15-11-6-5-10(14)7-9(11)8-13/h5-7H,2-4,14H2,1H3,(H,15,16). The Morgan fingerprint density at radius 2 is 2.31 bits per heavy atom. The van der Waals surface area contributed by atoms with Gasteiger partial charge in [0.25, 0.3) is 0 Å². The average Bonchev–Trinajstić information content (AvgIpc) is 2.28. The van der Waals surface area contributed by atoms with Gasteiger partial charge in [0.15, 0.2) is 0 Å². The number of amides is 1. The zero-order chi connectivity index (χ0) is 12.0. The number of nitriles is 1. The smallest absolute Gasteiger partial charge is 0.224 e. The summed E-state index contributed by atoms with van der Waals surface area (Å²) in [5, 5.41) is 11.6. The van der Waals surface area contributed by atoms with Gasteiger partial charge in [0.1, 0.15) is 6.07 Å². The minimum Gasteiger partial charge on any atom is -0.399 e. The summed E-state index contributed by atoms with van der Waals surface area (Å²) in [4.78, 5) is 11.5. The van der Waals surface area contributed by atoms with E-state index in [4.69, 9.17) is 11.0 Å². The van der Waals surface area contributed by atoms with E-state index in [-0.39, 0.29) is 5.91 Å². The molecule has 1 aromatic rings. The number of carbonyl (C=O) groups excluding carboxylic acids is 1. The molecule has 16 heavy (non-hydrogen) atoms. The van der Waals surface area contributed by atoms with E-state index >= 15 is 0 Å². The summed E-state index contributed by atoms with van der Waals surface area (Å²) in [7, 11) is 0. The van der Waals surface area contributed by atoms with Gasteiger partial charge in [-0.3, -0.25) is 4.79 Å². The number of hydrogen-bond donors (Lipinski definition) is 2. The quantitative estimate of drug-likeness (QED) is 0.759. The van der Waals surface area contributed by atoms with Crippen LogP contribution in [-0.2, 0) is 4.79 Å². The molecule has 3 N–H and O–H groups in total. The molecule has 1 rings (SSSR count). The van der Waals surface area contributed by atoms with Gasteiger partial charge in [0.05, 0.1) is 11.3 Å². The number of benzene rings is 1. The molecule has 0 aliphatic rings. The molecular weight excluding hydrogens is 202 g/mol. The second-order valence-electron chi connectivity index (χ2n) is 3.57. The van der Waals surface area contributed by atoms with E-state index in [9.17, 15) is 4.79 Å². The third kappa shape index (κ3) is 3.28. The maximum atomic E-state index is 11.5. The molecule has 4 nitrogen and oxygen atoms in total. The van der Waals surface area contributed by atoms with Crippen LogP contribution in [0.1, 0.15) is 31.7 Å². The van der Waals surface area contributed by atoms with Crippen molar-refractivity contribution in [2.24, 2.45) is 0 Å². The summed E-state index contributed by atoms with van der Waals surface area (Å²) in [6.07, 6.45) is 2.30. The highest BCUT2D eigenvalue weighted by Gasteiger charge is 2.06. The van der Waals surface area contributed by atoms with Crippen LogP contribution in [0.5, 0.6) is 0 Å². The first-order valence-corrected chi connectivity index (χ1v) is 5.27. The van der Waals surface area contributed by atoms with E-state index in [1.807, 2.05) is 13.0 Å². The van der Waals surface area contributed by atoms with Crippen LogP contribution in [0.4, 0.5) is 11.4 Å². The highest BCUT2D eigenvalue weighted by molar-refractivity contribution is 5.92. The summed E-state index contributed by atoms with van der Waals surface area (Å²) in [5.74, 6) is -0.0666. The van der Waals surface area contributed by atoms with Crippen molar-refractivity contribution in [1.82, 2.24) is 0 Å². The van der Waals surface area contributed by atoms with Crippen molar-refractivity contribution in [3.63, 3.8) is 0 Å². The van der Waals surface area contributed by atoms with Crippen molar-refractivity contribution < 1.29 is 4.79 Å². The van der Waals surface area contributed by atoms with E-state index in [1.54, 1.807) is 18.2 Å². The lowest BCUT2D eigenvalue weighted by atomic mass is 10.1. The Labute approximate surface area is 95.1 Å². The van der Waals surface area contributed by atoms with Gasteiger partial charge in [-0.15, -0.1) is 0 Å². The Morgan fingerprint density at radius 3 is 2.94 bits per heavy atom. The fourth-order valence-electron chi connectivity index (χ4n) is 1.31. The van der Waals surface area contributed by atoms with Crippen molar-refractivity contribution in [1.29, 1.82) is 5.26 Å². The third-order valence-corrected chi connectivity index (χ3v) is 2.20. The molecule has 0 radical (unpaired) electrons. The molecule has 1 amide bonds. The highest BCUT2D eigenvalue weighted by Crippen LogP contribution is 2.18. The van der Waals surface area contributed by atoms with Gasteiger partial charge in [0.2, 0.25) is 5.91 Å². The molecule has 0 spiro atoms. The Kier molecular flexibility index (Phi) is 4.34. The Balaban J connectivity index is 2.74. The predicted molar refractivity (Wildman–Crippen MR) is 63.7 cm³/mol.